The minimum absolute atomic E-state index is 0.372. The van der Waals surface area contributed by atoms with Gasteiger partial charge in [0.1, 0.15) is 5.82 Å². The fraction of sp³-hybridized carbons (Fsp3) is 0.500. The van der Waals surface area contributed by atoms with Gasteiger partial charge in [0.05, 0.1) is 13.2 Å². The average molecular weight is 354 g/mol. The fourth-order valence-corrected chi connectivity index (χ4v) is 3.73. The summed E-state index contributed by atoms with van der Waals surface area (Å²) in [6.45, 7) is 8.12. The van der Waals surface area contributed by atoms with Gasteiger partial charge < -0.3 is 19.3 Å². The zero-order chi connectivity index (χ0) is 18.0. The van der Waals surface area contributed by atoms with Gasteiger partial charge in [-0.25, -0.2) is 4.98 Å². The summed E-state index contributed by atoms with van der Waals surface area (Å²) < 4.78 is 11.7. The van der Waals surface area contributed by atoms with Gasteiger partial charge in [-0.05, 0) is 26.0 Å². The Kier molecular flexibility index (Phi) is 4.78. The van der Waals surface area contributed by atoms with E-state index in [1.807, 2.05) is 13.0 Å². The van der Waals surface area contributed by atoms with E-state index in [1.54, 1.807) is 0 Å². The van der Waals surface area contributed by atoms with Crippen LogP contribution in [0.4, 0.5) is 17.5 Å². The van der Waals surface area contributed by atoms with Gasteiger partial charge in [-0.3, -0.25) is 0 Å². The molecule has 6 nitrogen and oxygen atoms in total. The van der Waals surface area contributed by atoms with Gasteiger partial charge in [0.2, 0.25) is 5.95 Å². The van der Waals surface area contributed by atoms with Gasteiger partial charge in [0, 0.05) is 49.9 Å². The Morgan fingerprint density at radius 2 is 1.77 bits per heavy atom. The summed E-state index contributed by atoms with van der Waals surface area (Å²) in [6, 6.07) is 12.4. The van der Waals surface area contributed by atoms with Gasteiger partial charge in [-0.15, -0.1) is 0 Å². The predicted octanol–water partition coefficient (Wildman–Crippen LogP) is 3.29. The average Bonchev–Trinajstić information content (AvgIpc) is 3.11. The molecule has 4 rings (SSSR count). The van der Waals surface area contributed by atoms with Crippen molar-refractivity contribution >= 4 is 17.5 Å². The van der Waals surface area contributed by atoms with E-state index in [4.69, 9.17) is 14.5 Å². The maximum atomic E-state index is 5.83. The zero-order valence-corrected chi connectivity index (χ0v) is 15.5. The van der Waals surface area contributed by atoms with E-state index in [0.717, 1.165) is 55.6 Å². The number of hydrogen-bond donors (Lipinski definition) is 0. The second-order valence-electron chi connectivity index (χ2n) is 6.84. The van der Waals surface area contributed by atoms with E-state index < -0.39 is 0 Å². The molecule has 0 atom stereocenters. The van der Waals surface area contributed by atoms with Gasteiger partial charge in [0.15, 0.2) is 5.79 Å². The van der Waals surface area contributed by atoms with E-state index in [-0.39, 0.29) is 5.79 Å². The number of anilines is 3. The topological polar surface area (TPSA) is 50.7 Å². The number of aryl methyl sites for hydroxylation is 1. The molecule has 2 aliphatic rings. The van der Waals surface area contributed by atoms with Crippen LogP contribution in [0.25, 0.3) is 0 Å². The second kappa shape index (κ2) is 7.21. The highest BCUT2D eigenvalue weighted by atomic mass is 16.7. The Morgan fingerprint density at radius 1 is 1.08 bits per heavy atom. The predicted molar refractivity (Wildman–Crippen MR) is 102 cm³/mol. The zero-order valence-electron chi connectivity index (χ0n) is 15.5. The lowest BCUT2D eigenvalue weighted by Gasteiger charge is -2.37. The van der Waals surface area contributed by atoms with Crippen molar-refractivity contribution in [1.82, 2.24) is 9.97 Å². The second-order valence-corrected chi connectivity index (χ2v) is 6.84. The number of piperidine rings is 1. The lowest BCUT2D eigenvalue weighted by Crippen LogP contribution is -2.45. The first-order valence-electron chi connectivity index (χ1n) is 9.40. The maximum absolute atomic E-state index is 5.83. The molecule has 0 amide bonds. The van der Waals surface area contributed by atoms with Crippen molar-refractivity contribution in [1.29, 1.82) is 0 Å². The van der Waals surface area contributed by atoms with Crippen molar-refractivity contribution in [2.24, 2.45) is 0 Å². The smallest absolute Gasteiger partial charge is 0.227 e. The molecule has 0 N–H and O–H groups in total. The Hall–Kier alpha value is -2.18. The molecule has 2 saturated heterocycles. The summed E-state index contributed by atoms with van der Waals surface area (Å²) in [5.74, 6) is 1.36. The van der Waals surface area contributed by atoms with Crippen LogP contribution in [-0.4, -0.2) is 48.6 Å². The molecule has 1 aromatic carbocycles. The highest BCUT2D eigenvalue weighted by Gasteiger charge is 2.40. The summed E-state index contributed by atoms with van der Waals surface area (Å²) >= 11 is 0. The third kappa shape index (κ3) is 3.39. The molecule has 2 aliphatic heterocycles. The van der Waals surface area contributed by atoms with Crippen LogP contribution in [-0.2, 0) is 9.47 Å². The van der Waals surface area contributed by atoms with Crippen LogP contribution in [0.2, 0.25) is 0 Å². The van der Waals surface area contributed by atoms with E-state index in [9.17, 15) is 0 Å². The Bertz CT molecular complexity index is 737. The molecule has 6 heteroatoms. The minimum atomic E-state index is -0.372. The van der Waals surface area contributed by atoms with Gasteiger partial charge in [0.25, 0.3) is 0 Å². The summed E-state index contributed by atoms with van der Waals surface area (Å²) in [7, 11) is 0. The monoisotopic (exact) mass is 354 g/mol. The van der Waals surface area contributed by atoms with Gasteiger partial charge in [-0.1, -0.05) is 18.2 Å². The highest BCUT2D eigenvalue weighted by molar-refractivity contribution is 5.61. The van der Waals surface area contributed by atoms with E-state index in [1.165, 1.54) is 0 Å². The highest BCUT2D eigenvalue weighted by Crippen LogP contribution is 2.33. The summed E-state index contributed by atoms with van der Waals surface area (Å²) in [6.07, 6.45) is 1.71. The molecule has 0 saturated carbocycles. The Labute approximate surface area is 154 Å². The molecule has 138 valence electrons. The summed E-state index contributed by atoms with van der Waals surface area (Å²) in [5.41, 5.74) is 2.12. The quantitative estimate of drug-likeness (QED) is 0.840. The van der Waals surface area contributed by atoms with Crippen molar-refractivity contribution in [3.8, 4) is 0 Å². The largest absolute Gasteiger partial charge is 0.347 e. The first-order chi connectivity index (χ1) is 12.7. The molecule has 26 heavy (non-hydrogen) atoms. The summed E-state index contributed by atoms with van der Waals surface area (Å²) in [5, 5.41) is 0. The van der Waals surface area contributed by atoms with Crippen LogP contribution in [0.5, 0.6) is 0 Å². The van der Waals surface area contributed by atoms with Gasteiger partial charge in [-0.2, -0.15) is 4.98 Å². The van der Waals surface area contributed by atoms with Crippen molar-refractivity contribution in [2.45, 2.75) is 32.5 Å². The first kappa shape index (κ1) is 17.2. The Balaban J connectivity index is 1.56. The lowest BCUT2D eigenvalue weighted by molar-refractivity contribution is -0.169. The van der Waals surface area contributed by atoms with E-state index in [0.29, 0.717) is 13.2 Å². The maximum Gasteiger partial charge on any atom is 0.227 e. The van der Waals surface area contributed by atoms with Crippen molar-refractivity contribution in [3.63, 3.8) is 0 Å². The molecule has 0 radical (unpaired) electrons. The Morgan fingerprint density at radius 3 is 2.42 bits per heavy atom. The molecule has 0 unspecified atom stereocenters. The van der Waals surface area contributed by atoms with Crippen molar-refractivity contribution in [2.75, 3.05) is 42.6 Å². The van der Waals surface area contributed by atoms with E-state index in [2.05, 4.69) is 52.0 Å². The van der Waals surface area contributed by atoms with Crippen LogP contribution < -0.4 is 9.80 Å². The molecular formula is C20H26N4O2. The molecular weight excluding hydrogens is 328 g/mol. The molecule has 3 heterocycles. The number of benzene rings is 1. The number of nitrogens with zero attached hydrogens (tertiary/aromatic N) is 4. The first-order valence-corrected chi connectivity index (χ1v) is 9.40. The standard InChI is InChI=1S/C20H26N4O2/c1-3-24(17-7-5-4-6-8-17)18-15-16(2)21-19(22-18)23-11-9-20(10-12-23)25-13-14-26-20/h4-8,15H,3,9-14H2,1-2H3. The molecule has 2 fully saturated rings. The van der Waals surface area contributed by atoms with Crippen LogP contribution in [0, 0.1) is 6.92 Å². The molecule has 0 aliphatic carbocycles. The molecule has 1 spiro atoms. The van der Waals surface area contributed by atoms with Gasteiger partial charge >= 0.3 is 0 Å². The van der Waals surface area contributed by atoms with Crippen molar-refractivity contribution in [3.05, 3.63) is 42.1 Å². The number of ether oxygens (including phenoxy) is 2. The van der Waals surface area contributed by atoms with Crippen LogP contribution >= 0.6 is 0 Å². The number of hydrogen-bond acceptors (Lipinski definition) is 6. The van der Waals surface area contributed by atoms with Crippen molar-refractivity contribution < 1.29 is 9.47 Å². The van der Waals surface area contributed by atoms with Crippen LogP contribution in [0.3, 0.4) is 0 Å². The number of rotatable bonds is 4. The third-order valence-electron chi connectivity index (χ3n) is 5.11. The van der Waals surface area contributed by atoms with Crippen LogP contribution in [0.15, 0.2) is 36.4 Å². The molecule has 2 aromatic rings. The third-order valence-corrected chi connectivity index (χ3v) is 5.11. The summed E-state index contributed by atoms with van der Waals surface area (Å²) in [4.78, 5) is 14.0. The SMILES string of the molecule is CCN(c1ccccc1)c1cc(C)nc(N2CCC3(CC2)OCCO3)n1. The number of aromatic nitrogens is 2. The lowest BCUT2D eigenvalue weighted by atomic mass is 10.0. The van der Waals surface area contributed by atoms with E-state index >= 15 is 0 Å². The molecule has 1 aromatic heterocycles. The van der Waals surface area contributed by atoms with Crippen LogP contribution in [0.1, 0.15) is 25.5 Å². The molecule has 0 bridgehead atoms. The normalized spacial score (nSPS) is 19.1. The fourth-order valence-electron chi connectivity index (χ4n) is 3.73. The number of para-hydroxylation sites is 1. The minimum Gasteiger partial charge on any atom is -0.347 e.